The molecular weight excluding hydrogens is 240 g/mol. The molecular formula is C14H12N4O. The first-order chi connectivity index (χ1) is 9.08. The van der Waals surface area contributed by atoms with Crippen LogP contribution in [0.25, 0.3) is 0 Å². The number of pyridine rings is 2. The molecule has 0 aromatic carbocycles. The van der Waals surface area contributed by atoms with E-state index in [1.165, 1.54) is 6.07 Å². The Morgan fingerprint density at radius 3 is 2.74 bits per heavy atom. The van der Waals surface area contributed by atoms with E-state index < -0.39 is 0 Å². The summed E-state index contributed by atoms with van der Waals surface area (Å²) in [4.78, 5) is 20.2. The van der Waals surface area contributed by atoms with Crippen LogP contribution in [-0.4, -0.2) is 15.9 Å². The fourth-order valence-electron chi connectivity index (χ4n) is 1.57. The number of aromatic nitrogens is 2. The molecule has 0 aliphatic rings. The first kappa shape index (κ1) is 12.7. The van der Waals surface area contributed by atoms with Gasteiger partial charge in [-0.3, -0.25) is 4.79 Å². The van der Waals surface area contributed by atoms with Crippen molar-refractivity contribution in [1.82, 2.24) is 9.97 Å². The zero-order valence-electron chi connectivity index (χ0n) is 10.6. The number of amides is 1. The summed E-state index contributed by atoms with van der Waals surface area (Å²) in [6.45, 7) is 3.65. The van der Waals surface area contributed by atoms with E-state index in [1.807, 2.05) is 19.1 Å². The van der Waals surface area contributed by atoms with E-state index in [0.29, 0.717) is 17.1 Å². The van der Waals surface area contributed by atoms with E-state index in [4.69, 9.17) is 5.26 Å². The van der Waals surface area contributed by atoms with Crippen LogP contribution in [0.3, 0.4) is 0 Å². The van der Waals surface area contributed by atoms with E-state index >= 15 is 0 Å². The molecule has 0 radical (unpaired) electrons. The van der Waals surface area contributed by atoms with Crippen LogP contribution in [0.15, 0.2) is 30.5 Å². The third-order valence-corrected chi connectivity index (χ3v) is 2.47. The molecule has 0 fully saturated rings. The van der Waals surface area contributed by atoms with Crippen LogP contribution in [0.1, 0.15) is 27.3 Å². The Labute approximate surface area is 110 Å². The Bertz CT molecular complexity index is 656. The second-order valence-electron chi connectivity index (χ2n) is 4.17. The number of hydrogen-bond donors (Lipinski definition) is 1. The molecule has 0 aliphatic carbocycles. The average molecular weight is 252 g/mol. The van der Waals surface area contributed by atoms with Gasteiger partial charge in [-0.05, 0) is 37.6 Å². The monoisotopic (exact) mass is 252 g/mol. The van der Waals surface area contributed by atoms with Crippen molar-refractivity contribution in [1.29, 1.82) is 5.26 Å². The predicted molar refractivity (Wildman–Crippen MR) is 70.6 cm³/mol. The molecule has 0 spiro atoms. The maximum absolute atomic E-state index is 12.0. The van der Waals surface area contributed by atoms with Gasteiger partial charge in [0.15, 0.2) is 0 Å². The Morgan fingerprint density at radius 2 is 2.11 bits per heavy atom. The van der Waals surface area contributed by atoms with Crippen LogP contribution in [0.2, 0.25) is 0 Å². The quantitative estimate of drug-likeness (QED) is 0.888. The summed E-state index contributed by atoms with van der Waals surface area (Å²) < 4.78 is 0. The molecule has 1 amide bonds. The molecule has 5 heteroatoms. The van der Waals surface area contributed by atoms with Crippen LogP contribution in [-0.2, 0) is 0 Å². The minimum Gasteiger partial charge on any atom is -0.305 e. The first-order valence-corrected chi connectivity index (χ1v) is 5.71. The summed E-state index contributed by atoms with van der Waals surface area (Å²) in [6, 6.07) is 8.65. The largest absolute Gasteiger partial charge is 0.305 e. The van der Waals surface area contributed by atoms with Crippen molar-refractivity contribution in [3.8, 4) is 6.07 Å². The van der Waals surface area contributed by atoms with Crippen molar-refractivity contribution >= 4 is 11.7 Å². The lowest BCUT2D eigenvalue weighted by Gasteiger charge is -2.05. The number of hydrogen-bond acceptors (Lipinski definition) is 4. The molecule has 2 aromatic rings. The van der Waals surface area contributed by atoms with Gasteiger partial charge in [-0.15, -0.1) is 0 Å². The highest BCUT2D eigenvalue weighted by atomic mass is 16.1. The van der Waals surface area contributed by atoms with Crippen molar-refractivity contribution in [2.24, 2.45) is 0 Å². The highest BCUT2D eigenvalue weighted by Crippen LogP contribution is 2.08. The zero-order chi connectivity index (χ0) is 13.8. The SMILES string of the molecule is Cc1ccc(NC(=O)c2cc(C#N)cc(C)n2)nc1. The second kappa shape index (κ2) is 5.27. The third-order valence-electron chi connectivity index (χ3n) is 2.47. The number of carbonyl (C=O) groups is 1. The molecule has 2 heterocycles. The number of nitrogens with zero attached hydrogens (tertiary/aromatic N) is 3. The molecule has 2 aromatic heterocycles. The molecule has 0 unspecified atom stereocenters. The molecule has 0 aliphatic heterocycles. The summed E-state index contributed by atoms with van der Waals surface area (Å²) in [5, 5.41) is 11.5. The summed E-state index contributed by atoms with van der Waals surface area (Å²) in [5.74, 6) is 0.0777. The van der Waals surface area contributed by atoms with E-state index in [9.17, 15) is 4.79 Å². The van der Waals surface area contributed by atoms with Gasteiger partial charge >= 0.3 is 0 Å². The molecule has 94 valence electrons. The van der Waals surface area contributed by atoms with Gasteiger partial charge < -0.3 is 5.32 Å². The number of rotatable bonds is 2. The highest BCUT2D eigenvalue weighted by molar-refractivity contribution is 6.02. The van der Waals surface area contributed by atoms with Crippen LogP contribution >= 0.6 is 0 Å². The van der Waals surface area contributed by atoms with Gasteiger partial charge in [0.1, 0.15) is 11.5 Å². The van der Waals surface area contributed by atoms with Crippen molar-refractivity contribution < 1.29 is 4.79 Å². The Morgan fingerprint density at radius 1 is 1.32 bits per heavy atom. The minimum absolute atomic E-state index is 0.207. The van der Waals surface area contributed by atoms with Crippen LogP contribution in [0, 0.1) is 25.2 Å². The lowest BCUT2D eigenvalue weighted by molar-refractivity contribution is 0.102. The predicted octanol–water partition coefficient (Wildman–Crippen LogP) is 2.22. The fraction of sp³-hybridized carbons (Fsp3) is 0.143. The molecule has 0 saturated heterocycles. The molecule has 5 nitrogen and oxygen atoms in total. The number of aryl methyl sites for hydroxylation is 2. The van der Waals surface area contributed by atoms with Gasteiger partial charge in [-0.1, -0.05) is 6.07 Å². The average Bonchev–Trinajstić information content (AvgIpc) is 2.40. The van der Waals surface area contributed by atoms with Crippen LogP contribution < -0.4 is 5.32 Å². The smallest absolute Gasteiger partial charge is 0.275 e. The van der Waals surface area contributed by atoms with Crippen LogP contribution in [0.4, 0.5) is 5.82 Å². The minimum atomic E-state index is -0.378. The third kappa shape index (κ3) is 3.13. The lowest BCUT2D eigenvalue weighted by Crippen LogP contribution is -2.15. The van der Waals surface area contributed by atoms with Gasteiger partial charge in [0.05, 0.1) is 11.6 Å². The molecule has 19 heavy (non-hydrogen) atoms. The number of carbonyl (C=O) groups excluding carboxylic acids is 1. The van der Waals surface area contributed by atoms with Gasteiger partial charge in [0.25, 0.3) is 5.91 Å². The zero-order valence-corrected chi connectivity index (χ0v) is 10.6. The number of anilines is 1. The Hall–Kier alpha value is -2.74. The Kier molecular flexibility index (Phi) is 3.53. The van der Waals surface area contributed by atoms with Gasteiger partial charge in [-0.25, -0.2) is 9.97 Å². The van der Waals surface area contributed by atoms with Crippen molar-refractivity contribution in [2.75, 3.05) is 5.32 Å². The molecule has 1 N–H and O–H groups in total. The summed E-state index contributed by atoms with van der Waals surface area (Å²) in [7, 11) is 0. The second-order valence-corrected chi connectivity index (χ2v) is 4.17. The van der Waals surface area contributed by atoms with Crippen LogP contribution in [0.5, 0.6) is 0 Å². The highest BCUT2D eigenvalue weighted by Gasteiger charge is 2.10. The van der Waals surface area contributed by atoms with Gasteiger partial charge in [-0.2, -0.15) is 5.26 Å². The molecule has 0 atom stereocenters. The fourth-order valence-corrected chi connectivity index (χ4v) is 1.57. The number of nitriles is 1. The van der Waals surface area contributed by atoms with Crippen molar-refractivity contribution in [2.45, 2.75) is 13.8 Å². The van der Waals surface area contributed by atoms with E-state index in [1.54, 1.807) is 25.3 Å². The molecule has 0 saturated carbocycles. The number of nitrogens with one attached hydrogen (secondary N) is 1. The lowest BCUT2D eigenvalue weighted by atomic mass is 10.2. The summed E-state index contributed by atoms with van der Waals surface area (Å²) in [5.41, 5.74) is 2.26. The van der Waals surface area contributed by atoms with Crippen molar-refractivity contribution in [3.63, 3.8) is 0 Å². The maximum Gasteiger partial charge on any atom is 0.275 e. The normalized spacial score (nSPS) is 9.74. The first-order valence-electron chi connectivity index (χ1n) is 5.71. The molecule has 0 bridgehead atoms. The van der Waals surface area contributed by atoms with E-state index in [2.05, 4.69) is 15.3 Å². The van der Waals surface area contributed by atoms with Gasteiger partial charge in [0.2, 0.25) is 0 Å². The maximum atomic E-state index is 12.0. The van der Waals surface area contributed by atoms with E-state index in [-0.39, 0.29) is 11.6 Å². The topological polar surface area (TPSA) is 78.7 Å². The van der Waals surface area contributed by atoms with Gasteiger partial charge in [0, 0.05) is 11.9 Å². The summed E-state index contributed by atoms with van der Waals surface area (Å²) >= 11 is 0. The standard InChI is InChI=1S/C14H12N4O/c1-9-3-4-13(16-8-9)18-14(19)12-6-11(7-15)5-10(2)17-12/h3-6,8H,1-2H3,(H,16,18,19). The summed E-state index contributed by atoms with van der Waals surface area (Å²) in [6.07, 6.45) is 1.67. The molecule has 2 rings (SSSR count). The van der Waals surface area contributed by atoms with Crippen molar-refractivity contribution in [3.05, 3.63) is 53.0 Å². The Balaban J connectivity index is 2.23. The van der Waals surface area contributed by atoms with E-state index in [0.717, 1.165) is 5.56 Å².